The number of hydrogen-bond donors (Lipinski definition) is 1. The zero-order chi connectivity index (χ0) is 14.2. The lowest BCUT2D eigenvalue weighted by atomic mass is 9.87. The summed E-state index contributed by atoms with van der Waals surface area (Å²) in [6.07, 6.45) is 3.39. The van der Waals surface area contributed by atoms with Crippen LogP contribution in [0.25, 0.3) is 0 Å². The molecule has 1 aliphatic rings. The SMILES string of the molecule is CCCNC(COCC)CC1CCOc2ccccc21. The molecule has 0 amide bonds. The van der Waals surface area contributed by atoms with Gasteiger partial charge in [-0.3, -0.25) is 0 Å². The molecule has 0 aliphatic carbocycles. The highest BCUT2D eigenvalue weighted by atomic mass is 16.5. The molecule has 0 aromatic heterocycles. The predicted octanol–water partition coefficient (Wildman–Crippen LogP) is 3.35. The number of rotatable bonds is 8. The van der Waals surface area contributed by atoms with Crippen LogP contribution in [-0.4, -0.2) is 32.4 Å². The Hall–Kier alpha value is -1.06. The van der Waals surface area contributed by atoms with Crippen LogP contribution in [0, 0.1) is 0 Å². The topological polar surface area (TPSA) is 30.5 Å². The van der Waals surface area contributed by atoms with E-state index in [4.69, 9.17) is 9.47 Å². The van der Waals surface area contributed by atoms with Gasteiger partial charge in [0.25, 0.3) is 0 Å². The van der Waals surface area contributed by atoms with Crippen molar-refractivity contribution in [3.8, 4) is 5.75 Å². The first-order chi connectivity index (χ1) is 9.85. The number of para-hydroxylation sites is 1. The zero-order valence-electron chi connectivity index (χ0n) is 12.7. The maximum Gasteiger partial charge on any atom is 0.122 e. The zero-order valence-corrected chi connectivity index (χ0v) is 12.7. The summed E-state index contributed by atoms with van der Waals surface area (Å²) in [4.78, 5) is 0. The van der Waals surface area contributed by atoms with Crippen LogP contribution in [0.1, 0.15) is 44.6 Å². The summed E-state index contributed by atoms with van der Waals surface area (Å²) < 4.78 is 11.4. The van der Waals surface area contributed by atoms with Crippen molar-refractivity contribution in [2.45, 2.75) is 45.1 Å². The van der Waals surface area contributed by atoms with Crippen molar-refractivity contribution in [2.24, 2.45) is 0 Å². The molecule has 112 valence electrons. The average Bonchev–Trinajstić information content (AvgIpc) is 2.50. The first kappa shape index (κ1) is 15.3. The summed E-state index contributed by atoms with van der Waals surface area (Å²) in [6, 6.07) is 8.88. The Morgan fingerprint density at radius 3 is 3.00 bits per heavy atom. The van der Waals surface area contributed by atoms with Crippen LogP contribution in [0.15, 0.2) is 24.3 Å². The van der Waals surface area contributed by atoms with Crippen molar-refractivity contribution >= 4 is 0 Å². The van der Waals surface area contributed by atoms with Crippen molar-refractivity contribution in [1.29, 1.82) is 0 Å². The Balaban J connectivity index is 1.99. The summed E-state index contributed by atoms with van der Waals surface area (Å²) in [6.45, 7) is 7.74. The molecule has 0 radical (unpaired) electrons. The van der Waals surface area contributed by atoms with Gasteiger partial charge in [-0.05, 0) is 50.3 Å². The molecule has 0 fully saturated rings. The van der Waals surface area contributed by atoms with E-state index >= 15 is 0 Å². The molecule has 1 N–H and O–H groups in total. The lowest BCUT2D eigenvalue weighted by Gasteiger charge is -2.29. The van der Waals surface area contributed by atoms with Crippen LogP contribution in [-0.2, 0) is 4.74 Å². The lowest BCUT2D eigenvalue weighted by Crippen LogP contribution is -2.36. The number of hydrogen-bond acceptors (Lipinski definition) is 3. The van der Waals surface area contributed by atoms with Crippen molar-refractivity contribution in [3.63, 3.8) is 0 Å². The van der Waals surface area contributed by atoms with Gasteiger partial charge in [0.2, 0.25) is 0 Å². The molecule has 0 spiro atoms. The summed E-state index contributed by atoms with van der Waals surface area (Å²) in [5.74, 6) is 1.64. The average molecular weight is 277 g/mol. The molecule has 0 saturated carbocycles. The first-order valence-corrected chi connectivity index (χ1v) is 7.88. The number of benzene rings is 1. The van der Waals surface area contributed by atoms with Gasteiger partial charge < -0.3 is 14.8 Å². The molecule has 20 heavy (non-hydrogen) atoms. The highest BCUT2D eigenvalue weighted by Crippen LogP contribution is 2.36. The summed E-state index contributed by atoms with van der Waals surface area (Å²) in [5.41, 5.74) is 1.36. The molecule has 2 unspecified atom stereocenters. The van der Waals surface area contributed by atoms with E-state index in [0.717, 1.165) is 51.4 Å². The van der Waals surface area contributed by atoms with E-state index in [-0.39, 0.29) is 0 Å². The minimum absolute atomic E-state index is 0.436. The fourth-order valence-electron chi connectivity index (χ4n) is 2.82. The van der Waals surface area contributed by atoms with Gasteiger partial charge in [0.1, 0.15) is 5.75 Å². The van der Waals surface area contributed by atoms with Gasteiger partial charge in [-0.2, -0.15) is 0 Å². The van der Waals surface area contributed by atoms with Crippen molar-refractivity contribution in [1.82, 2.24) is 5.32 Å². The smallest absolute Gasteiger partial charge is 0.122 e. The van der Waals surface area contributed by atoms with Crippen molar-refractivity contribution in [2.75, 3.05) is 26.4 Å². The fourth-order valence-corrected chi connectivity index (χ4v) is 2.82. The molecule has 1 aliphatic heterocycles. The van der Waals surface area contributed by atoms with E-state index in [0.29, 0.717) is 12.0 Å². The van der Waals surface area contributed by atoms with E-state index in [2.05, 4.69) is 37.4 Å². The fraction of sp³-hybridized carbons (Fsp3) is 0.647. The minimum atomic E-state index is 0.436. The second-order valence-electron chi connectivity index (χ2n) is 5.42. The van der Waals surface area contributed by atoms with Gasteiger partial charge in [0.05, 0.1) is 13.2 Å². The molecule has 2 atom stereocenters. The van der Waals surface area contributed by atoms with E-state index in [1.54, 1.807) is 0 Å². The predicted molar refractivity (Wildman–Crippen MR) is 82.5 cm³/mol. The molecule has 0 saturated heterocycles. The third-order valence-electron chi connectivity index (χ3n) is 3.86. The molecule has 1 heterocycles. The number of ether oxygens (including phenoxy) is 2. The Bertz CT molecular complexity index is 386. The second kappa shape index (κ2) is 8.28. The quantitative estimate of drug-likeness (QED) is 0.790. The molecule has 2 rings (SSSR count). The normalized spacial score (nSPS) is 19.2. The number of nitrogens with one attached hydrogen (secondary N) is 1. The maximum atomic E-state index is 5.75. The van der Waals surface area contributed by atoms with E-state index in [1.807, 2.05) is 6.07 Å². The van der Waals surface area contributed by atoms with Crippen LogP contribution < -0.4 is 10.1 Å². The van der Waals surface area contributed by atoms with Gasteiger partial charge in [-0.25, -0.2) is 0 Å². The maximum absolute atomic E-state index is 5.75. The summed E-state index contributed by atoms with van der Waals surface area (Å²) >= 11 is 0. The largest absolute Gasteiger partial charge is 0.493 e. The van der Waals surface area contributed by atoms with Crippen LogP contribution in [0.5, 0.6) is 5.75 Å². The van der Waals surface area contributed by atoms with Crippen LogP contribution in [0.3, 0.4) is 0 Å². The van der Waals surface area contributed by atoms with Crippen molar-refractivity contribution in [3.05, 3.63) is 29.8 Å². The Morgan fingerprint density at radius 2 is 2.20 bits per heavy atom. The molecule has 1 aromatic carbocycles. The third kappa shape index (κ3) is 4.22. The number of fused-ring (bicyclic) bond motifs is 1. The Kier molecular flexibility index (Phi) is 6.34. The first-order valence-electron chi connectivity index (χ1n) is 7.88. The minimum Gasteiger partial charge on any atom is -0.493 e. The molecule has 0 bridgehead atoms. The van der Waals surface area contributed by atoms with Gasteiger partial charge in [-0.15, -0.1) is 0 Å². The molecule has 3 heteroatoms. The van der Waals surface area contributed by atoms with Crippen LogP contribution in [0.2, 0.25) is 0 Å². The van der Waals surface area contributed by atoms with E-state index in [9.17, 15) is 0 Å². The van der Waals surface area contributed by atoms with Gasteiger partial charge in [0, 0.05) is 12.6 Å². The van der Waals surface area contributed by atoms with Crippen LogP contribution >= 0.6 is 0 Å². The molecular formula is C17H27NO2. The van der Waals surface area contributed by atoms with Gasteiger partial charge in [0.15, 0.2) is 0 Å². The Labute approximate surface area is 122 Å². The van der Waals surface area contributed by atoms with Gasteiger partial charge >= 0.3 is 0 Å². The molecule has 1 aromatic rings. The lowest BCUT2D eigenvalue weighted by molar-refractivity contribution is 0.115. The van der Waals surface area contributed by atoms with E-state index < -0.39 is 0 Å². The van der Waals surface area contributed by atoms with Gasteiger partial charge in [-0.1, -0.05) is 25.1 Å². The van der Waals surface area contributed by atoms with Crippen LogP contribution in [0.4, 0.5) is 0 Å². The molecular weight excluding hydrogens is 250 g/mol. The second-order valence-corrected chi connectivity index (χ2v) is 5.42. The molecule has 3 nitrogen and oxygen atoms in total. The van der Waals surface area contributed by atoms with E-state index in [1.165, 1.54) is 5.56 Å². The van der Waals surface area contributed by atoms with Crippen molar-refractivity contribution < 1.29 is 9.47 Å². The third-order valence-corrected chi connectivity index (χ3v) is 3.86. The standard InChI is InChI=1S/C17H27NO2/c1-3-10-18-15(13-19-4-2)12-14-9-11-20-17-8-6-5-7-16(14)17/h5-8,14-15,18H,3-4,9-13H2,1-2H3. The highest BCUT2D eigenvalue weighted by molar-refractivity contribution is 5.37. The summed E-state index contributed by atoms with van der Waals surface area (Å²) in [5, 5.41) is 3.62. The monoisotopic (exact) mass is 277 g/mol. The summed E-state index contributed by atoms with van der Waals surface area (Å²) in [7, 11) is 0. The Morgan fingerprint density at radius 1 is 1.35 bits per heavy atom. The highest BCUT2D eigenvalue weighted by Gasteiger charge is 2.24.